The van der Waals surface area contributed by atoms with E-state index in [1.165, 1.54) is 0 Å². The monoisotopic (exact) mass is 324 g/mol. The van der Waals surface area contributed by atoms with Gasteiger partial charge in [-0.25, -0.2) is 0 Å². The Hall–Kier alpha value is -2.71. The third kappa shape index (κ3) is 2.69. The number of hydrogen-bond acceptors (Lipinski definition) is 4. The molecule has 23 heavy (non-hydrogen) atoms. The van der Waals surface area contributed by atoms with Crippen LogP contribution in [0.15, 0.2) is 78.9 Å². The van der Waals surface area contributed by atoms with Gasteiger partial charge in [0.05, 0.1) is 0 Å². The maximum atomic E-state index is 13.1. The van der Waals surface area contributed by atoms with Crippen LogP contribution in [-0.4, -0.2) is 0 Å². The Balaban J connectivity index is 1.82. The molecule has 0 bridgehead atoms. The third-order valence-corrected chi connectivity index (χ3v) is 4.72. The number of fused-ring (bicyclic) bond motifs is 3. The zero-order valence-corrected chi connectivity index (χ0v) is 13.0. The smallest absolute Gasteiger partial charge is 0.386 e. The van der Waals surface area contributed by atoms with Crippen molar-refractivity contribution in [1.29, 1.82) is 0 Å². The first-order valence-corrected chi connectivity index (χ1v) is 8.62. The molecule has 3 aromatic rings. The van der Waals surface area contributed by atoms with E-state index >= 15 is 0 Å². The van der Waals surface area contributed by atoms with Crippen molar-refractivity contribution in [3.8, 4) is 28.4 Å². The van der Waals surface area contributed by atoms with E-state index in [4.69, 9.17) is 13.6 Å². The van der Waals surface area contributed by atoms with Gasteiger partial charge >= 0.3 is 7.82 Å². The number of para-hydroxylation sites is 3. The molecule has 0 aromatic heterocycles. The molecule has 1 aliphatic heterocycles. The van der Waals surface area contributed by atoms with E-state index in [2.05, 4.69) is 0 Å². The average Bonchev–Trinajstić information content (AvgIpc) is 2.69. The fraction of sp³-hybridized carbons (Fsp3) is 0. The molecule has 1 heterocycles. The predicted octanol–water partition coefficient (Wildman–Crippen LogP) is 5.31. The molecule has 0 saturated heterocycles. The Morgan fingerprint density at radius 1 is 0.652 bits per heavy atom. The van der Waals surface area contributed by atoms with Crippen LogP contribution in [0.3, 0.4) is 0 Å². The van der Waals surface area contributed by atoms with Crippen molar-refractivity contribution in [1.82, 2.24) is 0 Å². The first-order chi connectivity index (χ1) is 11.2. The van der Waals surface area contributed by atoms with Crippen molar-refractivity contribution in [2.75, 3.05) is 0 Å². The second-order valence-electron chi connectivity index (χ2n) is 5.03. The molecule has 0 radical (unpaired) electrons. The lowest BCUT2D eigenvalue weighted by molar-refractivity contribution is 0.302. The molecule has 0 fully saturated rings. The summed E-state index contributed by atoms with van der Waals surface area (Å²) in [7, 11) is -3.84. The first kappa shape index (κ1) is 13.9. The third-order valence-electron chi connectivity index (χ3n) is 3.45. The van der Waals surface area contributed by atoms with Crippen LogP contribution in [0, 0.1) is 0 Å². The molecule has 0 saturated carbocycles. The molecule has 0 N–H and O–H groups in total. The molecule has 0 aliphatic carbocycles. The van der Waals surface area contributed by atoms with Crippen LogP contribution in [-0.2, 0) is 4.57 Å². The summed E-state index contributed by atoms with van der Waals surface area (Å²) in [5.74, 6) is 1.36. The van der Waals surface area contributed by atoms with Crippen molar-refractivity contribution < 1.29 is 18.1 Å². The Labute approximate surface area is 133 Å². The van der Waals surface area contributed by atoms with Gasteiger partial charge in [-0.2, -0.15) is 4.57 Å². The Morgan fingerprint density at radius 2 is 1.13 bits per heavy atom. The average molecular weight is 324 g/mol. The van der Waals surface area contributed by atoms with Gasteiger partial charge < -0.3 is 13.6 Å². The fourth-order valence-corrected chi connectivity index (χ4v) is 3.74. The Kier molecular flexibility index (Phi) is 3.32. The minimum atomic E-state index is -3.84. The summed E-state index contributed by atoms with van der Waals surface area (Å²) in [5, 5.41) is 0. The van der Waals surface area contributed by atoms with Crippen molar-refractivity contribution in [3.05, 3.63) is 78.9 Å². The highest BCUT2D eigenvalue weighted by Gasteiger charge is 2.37. The second kappa shape index (κ2) is 5.49. The van der Waals surface area contributed by atoms with Crippen LogP contribution >= 0.6 is 7.82 Å². The molecular weight excluding hydrogens is 311 g/mol. The van der Waals surface area contributed by atoms with E-state index in [0.717, 1.165) is 11.1 Å². The van der Waals surface area contributed by atoms with Crippen LogP contribution in [0.25, 0.3) is 11.1 Å². The molecule has 3 aromatic carbocycles. The van der Waals surface area contributed by atoms with Crippen LogP contribution in [0.5, 0.6) is 17.2 Å². The lowest BCUT2D eigenvalue weighted by Crippen LogP contribution is -2.06. The van der Waals surface area contributed by atoms with Crippen molar-refractivity contribution in [2.24, 2.45) is 0 Å². The zero-order chi connectivity index (χ0) is 15.7. The number of benzene rings is 3. The van der Waals surface area contributed by atoms with Crippen LogP contribution < -0.4 is 13.6 Å². The molecular formula is C18H13O4P. The molecule has 114 valence electrons. The number of phosphoric acid groups is 1. The first-order valence-electron chi connectivity index (χ1n) is 7.16. The van der Waals surface area contributed by atoms with E-state index in [-0.39, 0.29) is 0 Å². The topological polar surface area (TPSA) is 44.8 Å². The van der Waals surface area contributed by atoms with Gasteiger partial charge in [-0.1, -0.05) is 54.6 Å². The minimum absolute atomic E-state index is 0.424. The molecule has 4 nitrogen and oxygen atoms in total. The van der Waals surface area contributed by atoms with Crippen LogP contribution in [0.4, 0.5) is 0 Å². The van der Waals surface area contributed by atoms with Gasteiger partial charge in [0.1, 0.15) is 17.2 Å². The number of hydrogen-bond donors (Lipinski definition) is 0. The van der Waals surface area contributed by atoms with Gasteiger partial charge in [0.15, 0.2) is 0 Å². The van der Waals surface area contributed by atoms with Gasteiger partial charge in [0.25, 0.3) is 0 Å². The summed E-state index contributed by atoms with van der Waals surface area (Å²) in [6.07, 6.45) is 0. The zero-order valence-electron chi connectivity index (χ0n) is 12.1. The van der Waals surface area contributed by atoms with Gasteiger partial charge in [-0.15, -0.1) is 0 Å². The standard InChI is InChI=1S/C18H13O4P/c19-23(20-14-8-2-1-3-9-14)21-17-12-6-4-10-15(17)16-11-5-7-13-18(16)22-23/h1-13H. The highest BCUT2D eigenvalue weighted by molar-refractivity contribution is 7.49. The molecule has 0 atom stereocenters. The summed E-state index contributed by atoms with van der Waals surface area (Å²) < 4.78 is 29.9. The summed E-state index contributed by atoms with van der Waals surface area (Å²) in [5.41, 5.74) is 1.63. The minimum Gasteiger partial charge on any atom is -0.386 e. The molecule has 0 amide bonds. The molecule has 5 heteroatoms. The Morgan fingerprint density at radius 3 is 1.70 bits per heavy atom. The van der Waals surface area contributed by atoms with Crippen molar-refractivity contribution >= 4 is 7.82 Å². The van der Waals surface area contributed by atoms with Gasteiger partial charge in [-0.3, -0.25) is 0 Å². The molecule has 0 spiro atoms. The number of phosphoric ester groups is 1. The molecule has 0 unspecified atom stereocenters. The number of rotatable bonds is 2. The van der Waals surface area contributed by atoms with E-state index in [1.54, 1.807) is 36.4 Å². The maximum absolute atomic E-state index is 13.1. The lowest BCUT2D eigenvalue weighted by atomic mass is 10.0. The highest BCUT2D eigenvalue weighted by Crippen LogP contribution is 2.56. The van der Waals surface area contributed by atoms with Crippen molar-refractivity contribution in [3.63, 3.8) is 0 Å². The molecule has 1 aliphatic rings. The quantitative estimate of drug-likeness (QED) is 0.599. The Bertz CT molecular complexity index is 841. The summed E-state index contributed by atoms with van der Waals surface area (Å²) in [4.78, 5) is 0. The van der Waals surface area contributed by atoms with Crippen LogP contribution in [0.2, 0.25) is 0 Å². The summed E-state index contributed by atoms with van der Waals surface area (Å²) in [6.45, 7) is 0. The van der Waals surface area contributed by atoms with Crippen LogP contribution in [0.1, 0.15) is 0 Å². The maximum Gasteiger partial charge on any atom is 0.647 e. The van der Waals surface area contributed by atoms with Gasteiger partial charge in [-0.05, 0) is 24.3 Å². The van der Waals surface area contributed by atoms with E-state index in [0.29, 0.717) is 17.2 Å². The van der Waals surface area contributed by atoms with Crippen molar-refractivity contribution in [2.45, 2.75) is 0 Å². The largest absolute Gasteiger partial charge is 0.647 e. The normalized spacial score (nSPS) is 14.4. The molecule has 4 rings (SSSR count). The van der Waals surface area contributed by atoms with Gasteiger partial charge in [0, 0.05) is 11.1 Å². The summed E-state index contributed by atoms with van der Waals surface area (Å²) >= 11 is 0. The van der Waals surface area contributed by atoms with E-state index in [9.17, 15) is 4.57 Å². The second-order valence-corrected chi connectivity index (χ2v) is 6.47. The van der Waals surface area contributed by atoms with Gasteiger partial charge in [0.2, 0.25) is 0 Å². The van der Waals surface area contributed by atoms with E-state index in [1.807, 2.05) is 42.5 Å². The highest BCUT2D eigenvalue weighted by atomic mass is 31.2. The lowest BCUT2D eigenvalue weighted by Gasteiger charge is -2.17. The van der Waals surface area contributed by atoms with E-state index < -0.39 is 7.82 Å². The summed E-state index contributed by atoms with van der Waals surface area (Å²) in [6, 6.07) is 23.6. The SMILES string of the molecule is O=P1(Oc2ccccc2)Oc2ccccc2-c2ccccc2O1. The fourth-order valence-electron chi connectivity index (χ4n) is 2.44. The predicted molar refractivity (Wildman–Crippen MR) is 87.8 cm³/mol.